The number of aromatic nitrogens is 1. The first-order valence-electron chi connectivity index (χ1n) is 6.07. The van der Waals surface area contributed by atoms with Crippen molar-refractivity contribution in [2.75, 3.05) is 18.8 Å². The van der Waals surface area contributed by atoms with Crippen LogP contribution >= 0.6 is 0 Å². The van der Waals surface area contributed by atoms with Gasteiger partial charge in [-0.25, -0.2) is 4.98 Å². The first-order chi connectivity index (χ1) is 9.15. The van der Waals surface area contributed by atoms with Gasteiger partial charge in [0, 0.05) is 19.2 Å². The predicted molar refractivity (Wildman–Crippen MR) is 73.2 cm³/mol. The highest BCUT2D eigenvalue weighted by molar-refractivity contribution is 5.98. The smallest absolute Gasteiger partial charge is 0.288 e. The summed E-state index contributed by atoms with van der Waals surface area (Å²) < 4.78 is 0. The standard InChI is InChI=1S/C12H18N4O4/c1-4-15(7-12(2,3)18)11(17)9-5-8(16(19)20)6-14-10(9)13/h5-6,18H,4,7H2,1-3H3,(H2,13,14). The Morgan fingerprint density at radius 2 is 2.20 bits per heavy atom. The average Bonchev–Trinajstić information content (AvgIpc) is 2.34. The summed E-state index contributed by atoms with van der Waals surface area (Å²) in [5.41, 5.74) is 4.19. The van der Waals surface area contributed by atoms with Crippen LogP contribution in [-0.4, -0.2) is 44.5 Å². The van der Waals surface area contributed by atoms with Crippen molar-refractivity contribution < 1.29 is 14.8 Å². The van der Waals surface area contributed by atoms with Crippen LogP contribution in [0.1, 0.15) is 31.1 Å². The minimum Gasteiger partial charge on any atom is -0.389 e. The lowest BCUT2D eigenvalue weighted by molar-refractivity contribution is -0.385. The Bertz CT molecular complexity index is 525. The zero-order valence-electron chi connectivity index (χ0n) is 11.7. The van der Waals surface area contributed by atoms with E-state index in [1.165, 1.54) is 4.90 Å². The van der Waals surface area contributed by atoms with E-state index in [2.05, 4.69) is 4.98 Å². The molecule has 0 bridgehead atoms. The van der Waals surface area contributed by atoms with E-state index in [0.29, 0.717) is 6.54 Å². The van der Waals surface area contributed by atoms with Crippen LogP contribution in [0.25, 0.3) is 0 Å². The number of hydrogen-bond donors (Lipinski definition) is 2. The van der Waals surface area contributed by atoms with Gasteiger partial charge in [-0.1, -0.05) is 0 Å². The maximum atomic E-state index is 12.3. The average molecular weight is 282 g/mol. The van der Waals surface area contributed by atoms with Gasteiger partial charge < -0.3 is 15.7 Å². The summed E-state index contributed by atoms with van der Waals surface area (Å²) in [5.74, 6) is -0.571. The number of carbonyl (C=O) groups excluding carboxylic acids is 1. The summed E-state index contributed by atoms with van der Waals surface area (Å²) >= 11 is 0. The quantitative estimate of drug-likeness (QED) is 0.608. The number of amides is 1. The first-order valence-corrected chi connectivity index (χ1v) is 6.07. The van der Waals surface area contributed by atoms with Gasteiger partial charge in [0.15, 0.2) is 0 Å². The second kappa shape index (κ2) is 5.83. The Balaban J connectivity index is 3.12. The molecular formula is C12H18N4O4. The lowest BCUT2D eigenvalue weighted by atomic mass is 10.1. The molecule has 0 fully saturated rings. The van der Waals surface area contributed by atoms with Crippen molar-refractivity contribution in [2.45, 2.75) is 26.4 Å². The summed E-state index contributed by atoms with van der Waals surface area (Å²) in [6.45, 7) is 5.30. The molecule has 0 aliphatic carbocycles. The minimum atomic E-state index is -1.07. The highest BCUT2D eigenvalue weighted by Crippen LogP contribution is 2.19. The first kappa shape index (κ1) is 15.8. The SMILES string of the molecule is CCN(CC(C)(C)O)C(=O)c1cc([N+](=O)[O-])cnc1N. The van der Waals surface area contributed by atoms with E-state index in [-0.39, 0.29) is 23.6 Å². The number of nitrogen functional groups attached to an aromatic ring is 1. The number of nitro groups is 1. The monoisotopic (exact) mass is 282 g/mol. The number of rotatable bonds is 5. The lowest BCUT2D eigenvalue weighted by Crippen LogP contribution is -2.42. The summed E-state index contributed by atoms with van der Waals surface area (Å²) in [5, 5.41) is 20.5. The fourth-order valence-corrected chi connectivity index (χ4v) is 1.70. The summed E-state index contributed by atoms with van der Waals surface area (Å²) in [6.07, 6.45) is 0.998. The minimum absolute atomic E-state index is 0.0368. The van der Waals surface area contributed by atoms with Gasteiger partial charge in [-0.3, -0.25) is 14.9 Å². The number of nitrogens with two attached hydrogens (primary N) is 1. The molecule has 0 aliphatic rings. The Kier molecular flexibility index (Phi) is 4.61. The zero-order valence-corrected chi connectivity index (χ0v) is 11.7. The number of anilines is 1. The third-order valence-electron chi connectivity index (χ3n) is 2.59. The molecule has 0 saturated carbocycles. The molecule has 0 saturated heterocycles. The Morgan fingerprint density at radius 1 is 1.60 bits per heavy atom. The van der Waals surface area contributed by atoms with Crippen molar-refractivity contribution >= 4 is 17.4 Å². The van der Waals surface area contributed by atoms with Gasteiger partial charge in [0.2, 0.25) is 0 Å². The molecule has 0 radical (unpaired) electrons. The van der Waals surface area contributed by atoms with E-state index in [1.807, 2.05) is 0 Å². The van der Waals surface area contributed by atoms with E-state index in [9.17, 15) is 20.0 Å². The number of hydrogen-bond acceptors (Lipinski definition) is 6. The molecule has 0 aromatic carbocycles. The fourth-order valence-electron chi connectivity index (χ4n) is 1.70. The van der Waals surface area contributed by atoms with E-state index in [1.54, 1.807) is 20.8 Å². The highest BCUT2D eigenvalue weighted by atomic mass is 16.6. The molecule has 0 atom stereocenters. The molecule has 20 heavy (non-hydrogen) atoms. The van der Waals surface area contributed by atoms with E-state index in [0.717, 1.165) is 12.3 Å². The topological polar surface area (TPSA) is 123 Å². The highest BCUT2D eigenvalue weighted by Gasteiger charge is 2.25. The second-order valence-electron chi connectivity index (χ2n) is 5.02. The van der Waals surface area contributed by atoms with Gasteiger partial charge >= 0.3 is 0 Å². The van der Waals surface area contributed by atoms with Crippen LogP contribution < -0.4 is 5.73 Å². The van der Waals surface area contributed by atoms with Crippen LogP contribution in [0.3, 0.4) is 0 Å². The molecule has 1 rings (SSSR count). The van der Waals surface area contributed by atoms with Gasteiger partial charge in [0.05, 0.1) is 16.1 Å². The van der Waals surface area contributed by atoms with Gasteiger partial charge in [-0.05, 0) is 20.8 Å². The number of carbonyl (C=O) groups is 1. The Hall–Kier alpha value is -2.22. The summed E-state index contributed by atoms with van der Waals surface area (Å²) in [6, 6.07) is 1.09. The predicted octanol–water partition coefficient (Wildman–Crippen LogP) is 0.805. The van der Waals surface area contributed by atoms with Crippen LogP contribution in [0.2, 0.25) is 0 Å². The molecule has 8 heteroatoms. The lowest BCUT2D eigenvalue weighted by Gasteiger charge is -2.28. The van der Waals surface area contributed by atoms with Gasteiger partial charge in [-0.15, -0.1) is 0 Å². The molecule has 1 aromatic heterocycles. The Morgan fingerprint density at radius 3 is 2.65 bits per heavy atom. The van der Waals surface area contributed by atoms with Crippen molar-refractivity contribution in [3.05, 3.63) is 27.9 Å². The third kappa shape index (κ3) is 3.89. The molecule has 0 unspecified atom stereocenters. The van der Waals surface area contributed by atoms with Crippen LogP contribution in [0.15, 0.2) is 12.3 Å². The molecule has 0 spiro atoms. The van der Waals surface area contributed by atoms with Crippen molar-refractivity contribution in [1.82, 2.24) is 9.88 Å². The number of nitrogens with zero attached hydrogens (tertiary/aromatic N) is 3. The molecule has 1 aromatic rings. The van der Waals surface area contributed by atoms with Gasteiger partial charge in [0.25, 0.3) is 11.6 Å². The second-order valence-corrected chi connectivity index (χ2v) is 5.02. The number of likely N-dealkylation sites (N-methyl/N-ethyl adjacent to an activating group) is 1. The van der Waals surface area contributed by atoms with Gasteiger partial charge in [-0.2, -0.15) is 0 Å². The van der Waals surface area contributed by atoms with Crippen LogP contribution in [0.5, 0.6) is 0 Å². The maximum Gasteiger partial charge on any atom is 0.288 e. The van der Waals surface area contributed by atoms with E-state index in [4.69, 9.17) is 5.73 Å². The van der Waals surface area contributed by atoms with E-state index < -0.39 is 16.4 Å². The number of aliphatic hydroxyl groups is 1. The molecule has 3 N–H and O–H groups in total. The fraction of sp³-hybridized carbons (Fsp3) is 0.500. The largest absolute Gasteiger partial charge is 0.389 e. The van der Waals surface area contributed by atoms with Crippen LogP contribution in [-0.2, 0) is 0 Å². The third-order valence-corrected chi connectivity index (χ3v) is 2.59. The van der Waals surface area contributed by atoms with Crippen LogP contribution in [0, 0.1) is 10.1 Å². The van der Waals surface area contributed by atoms with Gasteiger partial charge in [0.1, 0.15) is 12.0 Å². The molecule has 1 amide bonds. The molecule has 8 nitrogen and oxygen atoms in total. The number of pyridine rings is 1. The molecule has 0 aliphatic heterocycles. The van der Waals surface area contributed by atoms with Crippen molar-refractivity contribution in [3.8, 4) is 0 Å². The van der Waals surface area contributed by atoms with Crippen molar-refractivity contribution in [3.63, 3.8) is 0 Å². The molecule has 1 heterocycles. The molecule has 110 valence electrons. The molecular weight excluding hydrogens is 264 g/mol. The zero-order chi connectivity index (χ0) is 15.5. The van der Waals surface area contributed by atoms with E-state index >= 15 is 0 Å². The summed E-state index contributed by atoms with van der Waals surface area (Å²) in [7, 11) is 0. The van der Waals surface area contributed by atoms with Crippen molar-refractivity contribution in [2.24, 2.45) is 0 Å². The summed E-state index contributed by atoms with van der Waals surface area (Å²) in [4.78, 5) is 27.4. The normalized spacial score (nSPS) is 11.2. The van der Waals surface area contributed by atoms with Crippen molar-refractivity contribution in [1.29, 1.82) is 0 Å². The van der Waals surface area contributed by atoms with Crippen LogP contribution in [0.4, 0.5) is 11.5 Å². The maximum absolute atomic E-state index is 12.3. The Labute approximate surface area is 116 Å².